The van der Waals surface area contributed by atoms with Gasteiger partial charge >= 0.3 is 0 Å². The lowest BCUT2D eigenvalue weighted by atomic mass is 10.1. The van der Waals surface area contributed by atoms with Gasteiger partial charge in [0.15, 0.2) is 0 Å². The number of hydrogen-bond acceptors (Lipinski definition) is 4. The minimum Gasteiger partial charge on any atom is -0.382 e. The Hall–Kier alpha value is -3.48. The van der Waals surface area contributed by atoms with Gasteiger partial charge in [-0.25, -0.2) is 14.2 Å². The summed E-state index contributed by atoms with van der Waals surface area (Å²) in [5, 5.41) is 7.33. The van der Waals surface area contributed by atoms with E-state index in [1.807, 2.05) is 18.2 Å². The quantitative estimate of drug-likeness (QED) is 0.537. The molecular formula is C25H33N6O+. The summed E-state index contributed by atoms with van der Waals surface area (Å²) >= 11 is 0. The number of amides is 1. The van der Waals surface area contributed by atoms with Crippen molar-refractivity contribution in [1.29, 1.82) is 0 Å². The Kier molecular flexibility index (Phi) is 7.08. The number of aryl methyl sites for hydroxylation is 1. The summed E-state index contributed by atoms with van der Waals surface area (Å²) in [6.07, 6.45) is 7.56. The molecule has 1 aliphatic carbocycles. The summed E-state index contributed by atoms with van der Waals surface area (Å²) in [7, 11) is 0. The number of carbonyl (C=O) groups excluding carboxylic acids is 1. The maximum atomic E-state index is 11.9. The van der Waals surface area contributed by atoms with Crippen LogP contribution in [0.1, 0.15) is 45.7 Å². The summed E-state index contributed by atoms with van der Waals surface area (Å²) in [5.74, 6) is 0.330. The zero-order valence-electron chi connectivity index (χ0n) is 19.8. The molecule has 1 aromatic heterocycles. The highest BCUT2D eigenvalue weighted by Crippen LogP contribution is 2.24. The average molecular weight is 434 g/mol. The summed E-state index contributed by atoms with van der Waals surface area (Å²) in [6.45, 7) is 12.7. The van der Waals surface area contributed by atoms with Gasteiger partial charge in [-0.3, -0.25) is 4.79 Å². The number of carbonyl (C=O) groups is 1. The van der Waals surface area contributed by atoms with Gasteiger partial charge in [0.2, 0.25) is 11.6 Å². The number of benzene rings is 1. The SMILES string of the molecule is CC(=O)NC1=CC(=[N+](C(C)C)C(C)C)C=C/C1=N/c1cnn(Cc2ccc(C)cc2)c1N. The van der Waals surface area contributed by atoms with E-state index in [1.165, 1.54) is 12.5 Å². The third kappa shape index (κ3) is 5.41. The standard InChI is InChI=1S/C25H32N6O/c1-16(2)31(17(3)4)21-11-12-22(23(13-21)28-19(6)32)29-24-14-27-30(25(24)26)15-20-9-7-18(5)8-10-20/h7-14,16-17H,15H2,1-6H3,(H2,26,27,28,32)/p+1. The number of aliphatic imine (C=N–C) groups is 1. The maximum Gasteiger partial charge on any atom is 0.221 e. The number of anilines is 1. The van der Waals surface area contributed by atoms with Crippen LogP contribution in [0.3, 0.4) is 0 Å². The fourth-order valence-corrected chi connectivity index (χ4v) is 3.86. The molecule has 0 atom stereocenters. The molecule has 0 spiro atoms. The van der Waals surface area contributed by atoms with E-state index in [0.29, 0.717) is 41.5 Å². The number of allylic oxidation sites excluding steroid dienone is 3. The molecule has 3 N–H and O–H groups in total. The minimum atomic E-state index is -0.151. The highest BCUT2D eigenvalue weighted by molar-refractivity contribution is 6.21. The Morgan fingerprint density at radius 2 is 1.81 bits per heavy atom. The van der Waals surface area contributed by atoms with Gasteiger partial charge in [0.05, 0.1) is 24.2 Å². The van der Waals surface area contributed by atoms with Gasteiger partial charge in [0, 0.05) is 19.1 Å². The Morgan fingerprint density at radius 3 is 2.41 bits per heavy atom. The predicted octanol–water partition coefficient (Wildman–Crippen LogP) is 3.75. The second kappa shape index (κ2) is 9.77. The molecular weight excluding hydrogens is 400 g/mol. The Balaban J connectivity index is 1.95. The van der Waals surface area contributed by atoms with E-state index in [-0.39, 0.29) is 5.91 Å². The number of aromatic nitrogens is 2. The van der Waals surface area contributed by atoms with Crippen molar-refractivity contribution in [2.24, 2.45) is 4.99 Å². The van der Waals surface area contributed by atoms with Gasteiger partial charge in [-0.2, -0.15) is 5.10 Å². The second-order valence-corrected chi connectivity index (χ2v) is 8.65. The van der Waals surface area contributed by atoms with E-state index in [4.69, 9.17) is 10.7 Å². The van der Waals surface area contributed by atoms with E-state index in [2.05, 4.69) is 73.9 Å². The smallest absolute Gasteiger partial charge is 0.221 e. The van der Waals surface area contributed by atoms with Crippen LogP contribution in [-0.2, 0) is 11.3 Å². The van der Waals surface area contributed by atoms with E-state index in [1.54, 1.807) is 10.9 Å². The number of nitrogens with two attached hydrogens (primary N) is 1. The van der Waals surface area contributed by atoms with Crippen LogP contribution in [0.5, 0.6) is 0 Å². The van der Waals surface area contributed by atoms with E-state index in [0.717, 1.165) is 11.3 Å². The fourth-order valence-electron chi connectivity index (χ4n) is 3.86. The molecule has 0 saturated heterocycles. The maximum absolute atomic E-state index is 11.9. The van der Waals surface area contributed by atoms with Crippen LogP contribution >= 0.6 is 0 Å². The van der Waals surface area contributed by atoms with Crippen LogP contribution in [0.15, 0.2) is 59.4 Å². The number of nitrogens with zero attached hydrogens (tertiary/aromatic N) is 4. The molecule has 1 heterocycles. The minimum absolute atomic E-state index is 0.151. The Bertz CT molecular complexity index is 1100. The van der Waals surface area contributed by atoms with Crippen LogP contribution in [0, 0.1) is 6.92 Å². The van der Waals surface area contributed by atoms with Crippen LogP contribution in [0.4, 0.5) is 11.5 Å². The molecule has 1 aromatic carbocycles. The molecule has 2 aromatic rings. The lowest BCUT2D eigenvalue weighted by molar-refractivity contribution is -0.586. The number of hydrogen-bond donors (Lipinski definition) is 2. The van der Waals surface area contributed by atoms with Crippen molar-refractivity contribution in [3.63, 3.8) is 0 Å². The van der Waals surface area contributed by atoms with Crippen molar-refractivity contribution in [1.82, 2.24) is 15.1 Å². The zero-order valence-corrected chi connectivity index (χ0v) is 19.8. The number of nitrogens with one attached hydrogen (secondary N) is 1. The van der Waals surface area contributed by atoms with Crippen molar-refractivity contribution >= 4 is 28.8 Å². The van der Waals surface area contributed by atoms with E-state index < -0.39 is 0 Å². The first kappa shape index (κ1) is 23.2. The van der Waals surface area contributed by atoms with Gasteiger partial charge in [-0.1, -0.05) is 29.8 Å². The van der Waals surface area contributed by atoms with Crippen molar-refractivity contribution < 1.29 is 9.37 Å². The van der Waals surface area contributed by atoms with Gasteiger partial charge < -0.3 is 11.1 Å². The third-order valence-corrected chi connectivity index (χ3v) is 5.26. The van der Waals surface area contributed by atoms with Gasteiger partial charge in [0.1, 0.15) is 23.6 Å². The normalized spacial score (nSPS) is 14.9. The molecule has 7 heteroatoms. The van der Waals surface area contributed by atoms with Crippen molar-refractivity contribution in [2.75, 3.05) is 5.73 Å². The fraction of sp³-hybridized carbons (Fsp3) is 0.360. The highest BCUT2D eigenvalue weighted by Gasteiger charge is 2.23. The molecule has 7 nitrogen and oxygen atoms in total. The van der Waals surface area contributed by atoms with Crippen molar-refractivity contribution in [3.8, 4) is 0 Å². The largest absolute Gasteiger partial charge is 0.382 e. The lowest BCUT2D eigenvalue weighted by Gasteiger charge is -2.17. The lowest BCUT2D eigenvalue weighted by Crippen LogP contribution is -2.35. The monoisotopic (exact) mass is 433 g/mol. The van der Waals surface area contributed by atoms with Crippen LogP contribution in [0.25, 0.3) is 0 Å². The number of rotatable bonds is 6. The van der Waals surface area contributed by atoms with Crippen molar-refractivity contribution in [3.05, 3.63) is 65.5 Å². The molecule has 0 unspecified atom stereocenters. The molecule has 0 bridgehead atoms. The summed E-state index contributed by atoms with van der Waals surface area (Å²) in [5.41, 5.74) is 11.6. The molecule has 0 aliphatic heterocycles. The summed E-state index contributed by atoms with van der Waals surface area (Å²) < 4.78 is 4.03. The molecule has 0 fully saturated rings. The van der Waals surface area contributed by atoms with Crippen LogP contribution in [0.2, 0.25) is 0 Å². The van der Waals surface area contributed by atoms with E-state index >= 15 is 0 Å². The first-order valence-electron chi connectivity index (χ1n) is 10.9. The molecule has 1 amide bonds. The molecule has 3 rings (SSSR count). The van der Waals surface area contributed by atoms with Crippen LogP contribution < -0.4 is 11.1 Å². The highest BCUT2D eigenvalue weighted by atomic mass is 16.1. The van der Waals surface area contributed by atoms with Gasteiger partial charge in [-0.05, 0) is 46.3 Å². The second-order valence-electron chi connectivity index (χ2n) is 8.65. The predicted molar refractivity (Wildman–Crippen MR) is 131 cm³/mol. The van der Waals surface area contributed by atoms with Crippen LogP contribution in [-0.4, -0.2) is 43.8 Å². The molecule has 1 aliphatic rings. The average Bonchev–Trinajstić information content (AvgIpc) is 3.04. The summed E-state index contributed by atoms with van der Waals surface area (Å²) in [4.78, 5) is 16.6. The van der Waals surface area contributed by atoms with Gasteiger partial charge in [0.25, 0.3) is 0 Å². The van der Waals surface area contributed by atoms with Gasteiger partial charge in [-0.15, -0.1) is 0 Å². The first-order valence-corrected chi connectivity index (χ1v) is 10.9. The number of nitrogen functional groups attached to an aromatic ring is 1. The van der Waals surface area contributed by atoms with Crippen molar-refractivity contribution in [2.45, 2.75) is 60.2 Å². The first-order chi connectivity index (χ1) is 15.2. The Morgan fingerprint density at radius 1 is 1.16 bits per heavy atom. The molecule has 0 radical (unpaired) electrons. The Labute approximate surface area is 190 Å². The molecule has 0 saturated carbocycles. The zero-order chi connectivity index (χ0) is 23.4. The molecule has 168 valence electrons. The summed E-state index contributed by atoms with van der Waals surface area (Å²) in [6, 6.07) is 8.90. The van der Waals surface area contributed by atoms with E-state index in [9.17, 15) is 4.79 Å². The molecule has 32 heavy (non-hydrogen) atoms. The third-order valence-electron chi connectivity index (χ3n) is 5.26. The topological polar surface area (TPSA) is 88.3 Å².